The minimum atomic E-state index is -3.77. The molecule has 0 radical (unpaired) electrons. The maximum atomic E-state index is 12.6. The van der Waals surface area contributed by atoms with E-state index in [1.54, 1.807) is 18.2 Å². The Morgan fingerprint density at radius 2 is 1.47 bits per heavy atom. The van der Waals surface area contributed by atoms with E-state index in [1.807, 2.05) is 0 Å². The Bertz CT molecular complexity index is 1340. The van der Waals surface area contributed by atoms with Crippen molar-refractivity contribution in [3.05, 3.63) is 78.4 Å². The molecule has 3 aromatic rings. The Morgan fingerprint density at radius 1 is 0.844 bits per heavy atom. The smallest absolute Gasteiger partial charge is 0.261 e. The summed E-state index contributed by atoms with van der Waals surface area (Å²) in [5.41, 5.74) is 0.354. The first-order valence-electron chi connectivity index (χ1n) is 9.25. The predicted octanol–water partition coefficient (Wildman–Crippen LogP) is 2.70. The van der Waals surface area contributed by atoms with E-state index in [9.17, 15) is 26.7 Å². The summed E-state index contributed by atoms with van der Waals surface area (Å²) in [6, 6.07) is 17.0. The Hall–Kier alpha value is -3.41. The second kappa shape index (κ2) is 8.99. The molecule has 3 aromatic carbocycles. The highest BCUT2D eigenvalue weighted by atomic mass is 32.2. The molecule has 0 saturated heterocycles. The Balaban J connectivity index is 1.77. The van der Waals surface area contributed by atoms with Gasteiger partial charge in [-0.3, -0.25) is 9.52 Å². The van der Waals surface area contributed by atoms with Crippen molar-refractivity contribution in [3.8, 4) is 5.75 Å². The van der Waals surface area contributed by atoms with E-state index in [0.29, 0.717) is 0 Å². The van der Waals surface area contributed by atoms with E-state index in [-0.39, 0.29) is 32.5 Å². The number of hydrogen-bond donors (Lipinski definition) is 3. The van der Waals surface area contributed by atoms with Gasteiger partial charge in [0.2, 0.25) is 10.0 Å². The van der Waals surface area contributed by atoms with Gasteiger partial charge >= 0.3 is 0 Å². The van der Waals surface area contributed by atoms with Crippen LogP contribution in [0.3, 0.4) is 0 Å². The van der Waals surface area contributed by atoms with Crippen LogP contribution in [0.25, 0.3) is 0 Å². The fraction of sp³-hybridized carbons (Fsp3) is 0.0952. The van der Waals surface area contributed by atoms with Gasteiger partial charge in [0.05, 0.1) is 15.5 Å². The van der Waals surface area contributed by atoms with Gasteiger partial charge in [0.25, 0.3) is 15.9 Å². The van der Waals surface area contributed by atoms with Gasteiger partial charge in [0, 0.05) is 25.3 Å². The van der Waals surface area contributed by atoms with Gasteiger partial charge in [-0.15, -0.1) is 0 Å². The number of aromatic hydroxyl groups is 1. The lowest BCUT2D eigenvalue weighted by Crippen LogP contribution is -2.22. The molecule has 3 rings (SSSR count). The highest BCUT2D eigenvalue weighted by Crippen LogP contribution is 2.28. The molecule has 168 valence electrons. The average Bonchev–Trinajstić information content (AvgIpc) is 2.76. The van der Waals surface area contributed by atoms with Crippen LogP contribution in [0.5, 0.6) is 5.75 Å². The van der Waals surface area contributed by atoms with Gasteiger partial charge < -0.3 is 10.4 Å². The van der Waals surface area contributed by atoms with E-state index < -0.39 is 26.0 Å². The van der Waals surface area contributed by atoms with Crippen molar-refractivity contribution in [1.82, 2.24) is 4.31 Å². The number of benzene rings is 3. The van der Waals surface area contributed by atoms with E-state index in [1.165, 1.54) is 62.6 Å². The van der Waals surface area contributed by atoms with Crippen molar-refractivity contribution in [1.29, 1.82) is 0 Å². The summed E-state index contributed by atoms with van der Waals surface area (Å²) in [6.07, 6.45) is 0. The third-order valence-electron chi connectivity index (χ3n) is 4.45. The van der Waals surface area contributed by atoms with Crippen LogP contribution in [0.15, 0.2) is 82.6 Å². The second-order valence-corrected chi connectivity index (χ2v) is 10.8. The fourth-order valence-electron chi connectivity index (χ4n) is 2.68. The Labute approximate surface area is 186 Å². The number of phenolic OH excluding ortho intramolecular Hbond substituents is 1. The fourth-order valence-corrected chi connectivity index (χ4v) is 4.69. The second-order valence-electron chi connectivity index (χ2n) is 6.92. The normalized spacial score (nSPS) is 11.8. The molecule has 0 aliphatic carbocycles. The third kappa shape index (κ3) is 5.07. The largest absolute Gasteiger partial charge is 0.506 e. The molecule has 1 amide bonds. The van der Waals surface area contributed by atoms with Crippen LogP contribution in [0.1, 0.15) is 10.4 Å². The molecule has 0 heterocycles. The molecule has 0 saturated carbocycles. The maximum Gasteiger partial charge on any atom is 0.261 e. The first kappa shape index (κ1) is 23.3. The predicted molar refractivity (Wildman–Crippen MR) is 121 cm³/mol. The molecule has 0 fully saturated rings. The minimum absolute atomic E-state index is 0.0771. The van der Waals surface area contributed by atoms with Crippen molar-refractivity contribution in [2.24, 2.45) is 0 Å². The highest BCUT2D eigenvalue weighted by molar-refractivity contribution is 7.92. The molecule has 0 aliphatic heterocycles. The summed E-state index contributed by atoms with van der Waals surface area (Å²) in [7, 11) is -4.79. The molecule has 0 atom stereocenters. The van der Waals surface area contributed by atoms with Crippen molar-refractivity contribution in [2.45, 2.75) is 9.79 Å². The SMILES string of the molecule is CN(C)S(=O)(=O)c1ccc(O)c(NC(=O)c2ccc(NS(=O)(=O)c3ccccc3)cc2)c1. The monoisotopic (exact) mass is 475 g/mol. The molecule has 0 spiro atoms. The topological polar surface area (TPSA) is 133 Å². The molecule has 0 bridgehead atoms. The van der Waals surface area contributed by atoms with Crippen LogP contribution in [0, 0.1) is 0 Å². The lowest BCUT2D eigenvalue weighted by atomic mass is 10.2. The molecule has 0 aliphatic rings. The van der Waals surface area contributed by atoms with Gasteiger partial charge in [0.15, 0.2) is 0 Å². The van der Waals surface area contributed by atoms with E-state index in [4.69, 9.17) is 0 Å². The summed E-state index contributed by atoms with van der Waals surface area (Å²) >= 11 is 0. The number of rotatable bonds is 7. The molecule has 0 unspecified atom stereocenters. The average molecular weight is 476 g/mol. The quantitative estimate of drug-likeness (QED) is 0.450. The van der Waals surface area contributed by atoms with Gasteiger partial charge in [-0.25, -0.2) is 21.1 Å². The van der Waals surface area contributed by atoms with Gasteiger partial charge in [-0.2, -0.15) is 0 Å². The van der Waals surface area contributed by atoms with Crippen molar-refractivity contribution in [2.75, 3.05) is 24.1 Å². The summed E-state index contributed by atoms with van der Waals surface area (Å²) in [4.78, 5) is 12.6. The number of phenols is 1. The number of amides is 1. The molecule has 3 N–H and O–H groups in total. The lowest BCUT2D eigenvalue weighted by Gasteiger charge is -2.14. The van der Waals surface area contributed by atoms with Gasteiger partial charge in [-0.1, -0.05) is 18.2 Å². The van der Waals surface area contributed by atoms with Crippen LogP contribution >= 0.6 is 0 Å². The number of carbonyl (C=O) groups excluding carboxylic acids is 1. The molecule has 32 heavy (non-hydrogen) atoms. The number of hydrogen-bond acceptors (Lipinski definition) is 6. The first-order chi connectivity index (χ1) is 15.0. The van der Waals surface area contributed by atoms with Crippen LogP contribution in [-0.2, 0) is 20.0 Å². The Kier molecular flexibility index (Phi) is 6.53. The summed E-state index contributed by atoms with van der Waals surface area (Å²) in [6.45, 7) is 0. The molecule has 0 aromatic heterocycles. The van der Waals surface area contributed by atoms with E-state index in [0.717, 1.165) is 10.4 Å². The first-order valence-corrected chi connectivity index (χ1v) is 12.2. The van der Waals surface area contributed by atoms with Crippen LogP contribution < -0.4 is 10.0 Å². The van der Waals surface area contributed by atoms with Crippen molar-refractivity contribution >= 4 is 37.3 Å². The maximum absolute atomic E-state index is 12.6. The number of nitrogens with zero attached hydrogens (tertiary/aromatic N) is 1. The summed E-state index contributed by atoms with van der Waals surface area (Å²) < 4.78 is 52.8. The van der Waals surface area contributed by atoms with Crippen LogP contribution in [0.4, 0.5) is 11.4 Å². The lowest BCUT2D eigenvalue weighted by molar-refractivity contribution is 0.102. The highest BCUT2D eigenvalue weighted by Gasteiger charge is 2.20. The zero-order valence-corrected chi connectivity index (χ0v) is 18.8. The molecule has 9 nitrogen and oxygen atoms in total. The minimum Gasteiger partial charge on any atom is -0.506 e. The molecular weight excluding hydrogens is 454 g/mol. The van der Waals surface area contributed by atoms with E-state index >= 15 is 0 Å². The Morgan fingerprint density at radius 3 is 2.06 bits per heavy atom. The molecule has 11 heteroatoms. The summed E-state index contributed by atoms with van der Waals surface area (Å²) in [5, 5.41) is 12.5. The molecular formula is C21H21N3O6S2. The number of carbonyl (C=O) groups is 1. The van der Waals surface area contributed by atoms with Crippen LogP contribution in [-0.4, -0.2) is 46.2 Å². The zero-order chi connectivity index (χ0) is 23.5. The van der Waals surface area contributed by atoms with Crippen molar-refractivity contribution < 1.29 is 26.7 Å². The number of sulfonamides is 2. The van der Waals surface area contributed by atoms with Crippen molar-refractivity contribution in [3.63, 3.8) is 0 Å². The standard InChI is InChI=1S/C21H21N3O6S2/c1-24(2)32(29,30)18-12-13-20(25)19(14-18)22-21(26)15-8-10-16(11-9-15)23-31(27,28)17-6-4-3-5-7-17/h3-14,23,25H,1-2H3,(H,22,26). The summed E-state index contributed by atoms with van der Waals surface area (Å²) in [5.74, 6) is -0.916. The van der Waals surface area contributed by atoms with Gasteiger partial charge in [0.1, 0.15) is 5.75 Å². The van der Waals surface area contributed by atoms with E-state index in [2.05, 4.69) is 10.0 Å². The number of anilines is 2. The third-order valence-corrected chi connectivity index (χ3v) is 7.66. The zero-order valence-electron chi connectivity index (χ0n) is 17.2. The number of nitrogens with one attached hydrogen (secondary N) is 2. The van der Waals surface area contributed by atoms with Gasteiger partial charge in [-0.05, 0) is 54.6 Å². The van der Waals surface area contributed by atoms with Crippen LogP contribution in [0.2, 0.25) is 0 Å².